The van der Waals surface area contributed by atoms with Crippen LogP contribution in [0.25, 0.3) is 0 Å². The Morgan fingerprint density at radius 2 is 1.85 bits per heavy atom. The van der Waals surface area contributed by atoms with Crippen molar-refractivity contribution >= 4 is 23.3 Å². The number of carbonyl (C=O) groups is 2. The standard InChI is InChI=1S/C32H41N5O3/c1-5-8-10-29-22(4)30(36(19-7-3)32(40)37(29)26-16-17-26)35-27(9-6-2)24-13-18-28(33-20-24)31(39)34-25-14-11-23(21-38)12-15-25/h10-15,18,20,26,38H,5-9,16-17,19,21H2,1-4H3,(H,34,39)/b29-10-,35-27+. The Morgan fingerprint density at radius 1 is 1.10 bits per heavy atom. The second-order valence-corrected chi connectivity index (χ2v) is 10.4. The Kier molecular flexibility index (Phi) is 9.88. The van der Waals surface area contributed by atoms with E-state index in [-0.39, 0.29) is 24.6 Å². The lowest BCUT2D eigenvalue weighted by atomic mass is 10.1. The summed E-state index contributed by atoms with van der Waals surface area (Å²) in [6.07, 6.45) is 10.3. The van der Waals surface area contributed by atoms with E-state index in [1.807, 2.05) is 15.9 Å². The summed E-state index contributed by atoms with van der Waals surface area (Å²) in [4.78, 5) is 39.9. The number of benzene rings is 1. The number of amides is 3. The first-order valence-electron chi connectivity index (χ1n) is 14.5. The Balaban J connectivity index is 1.65. The number of hydrogen-bond donors (Lipinski definition) is 2. The van der Waals surface area contributed by atoms with Crippen LogP contribution in [0.3, 0.4) is 0 Å². The molecule has 2 heterocycles. The predicted octanol–water partition coefficient (Wildman–Crippen LogP) is 6.64. The zero-order chi connectivity index (χ0) is 28.6. The maximum absolute atomic E-state index is 13.7. The van der Waals surface area contributed by atoms with E-state index in [4.69, 9.17) is 4.99 Å². The molecule has 8 heteroatoms. The number of rotatable bonds is 12. The number of anilines is 1. The molecule has 0 radical (unpaired) electrons. The van der Waals surface area contributed by atoms with E-state index in [1.165, 1.54) is 0 Å². The Bertz CT molecular complexity index is 1290. The number of aliphatic hydroxyl groups excluding tert-OH is 1. The molecule has 0 saturated heterocycles. The molecule has 4 rings (SSSR count). The highest BCUT2D eigenvalue weighted by atomic mass is 16.3. The first-order valence-corrected chi connectivity index (χ1v) is 14.5. The van der Waals surface area contributed by atoms with Gasteiger partial charge in [0.1, 0.15) is 11.5 Å². The average molecular weight is 544 g/mol. The van der Waals surface area contributed by atoms with Crippen molar-refractivity contribution in [1.82, 2.24) is 14.8 Å². The van der Waals surface area contributed by atoms with Gasteiger partial charge in [-0.2, -0.15) is 0 Å². The van der Waals surface area contributed by atoms with Gasteiger partial charge in [0.2, 0.25) is 0 Å². The van der Waals surface area contributed by atoms with E-state index in [2.05, 4.69) is 44.1 Å². The quantitative estimate of drug-likeness (QED) is 0.293. The van der Waals surface area contributed by atoms with Crippen molar-refractivity contribution in [2.75, 3.05) is 11.9 Å². The summed E-state index contributed by atoms with van der Waals surface area (Å²) in [7, 11) is 0. The van der Waals surface area contributed by atoms with E-state index in [0.717, 1.165) is 73.1 Å². The van der Waals surface area contributed by atoms with Crippen molar-refractivity contribution in [3.8, 4) is 0 Å². The average Bonchev–Trinajstić information content (AvgIpc) is 3.81. The van der Waals surface area contributed by atoms with E-state index in [0.29, 0.717) is 23.7 Å². The summed E-state index contributed by atoms with van der Waals surface area (Å²) < 4.78 is 0. The molecule has 1 saturated carbocycles. The van der Waals surface area contributed by atoms with Crippen LogP contribution >= 0.6 is 0 Å². The van der Waals surface area contributed by atoms with Crippen LogP contribution in [0.1, 0.15) is 94.3 Å². The number of aliphatic hydroxyl groups is 1. The van der Waals surface area contributed by atoms with Gasteiger partial charge in [-0.15, -0.1) is 0 Å². The fourth-order valence-electron chi connectivity index (χ4n) is 4.83. The number of nitrogens with one attached hydrogen (secondary N) is 1. The van der Waals surface area contributed by atoms with Gasteiger partial charge in [-0.1, -0.05) is 51.8 Å². The van der Waals surface area contributed by atoms with Gasteiger partial charge in [0.25, 0.3) is 5.91 Å². The lowest BCUT2D eigenvalue weighted by Crippen LogP contribution is -2.47. The van der Waals surface area contributed by atoms with Gasteiger partial charge in [0.05, 0.1) is 12.3 Å². The normalized spacial score (nSPS) is 17.2. The van der Waals surface area contributed by atoms with Crippen LogP contribution in [0.5, 0.6) is 0 Å². The minimum atomic E-state index is -0.311. The van der Waals surface area contributed by atoms with Crippen LogP contribution in [0.2, 0.25) is 0 Å². The molecule has 2 aromatic rings. The van der Waals surface area contributed by atoms with Crippen molar-refractivity contribution in [3.63, 3.8) is 0 Å². The van der Waals surface area contributed by atoms with Crippen LogP contribution in [-0.2, 0) is 6.61 Å². The molecule has 2 aliphatic rings. The Morgan fingerprint density at radius 3 is 2.42 bits per heavy atom. The number of carbonyl (C=O) groups excluding carboxylic acids is 2. The van der Waals surface area contributed by atoms with Crippen molar-refractivity contribution in [3.05, 3.63) is 82.6 Å². The first-order chi connectivity index (χ1) is 19.4. The van der Waals surface area contributed by atoms with Gasteiger partial charge in [-0.05, 0) is 68.9 Å². The summed E-state index contributed by atoms with van der Waals surface area (Å²) in [5.74, 6) is 0.399. The fraction of sp³-hybridized carbons (Fsp3) is 0.438. The van der Waals surface area contributed by atoms with Crippen LogP contribution in [-0.4, -0.2) is 50.1 Å². The molecule has 2 N–H and O–H groups in total. The van der Waals surface area contributed by atoms with Crippen LogP contribution in [0.4, 0.5) is 10.5 Å². The zero-order valence-corrected chi connectivity index (χ0v) is 24.1. The molecule has 0 bridgehead atoms. The number of nitrogens with zero attached hydrogens (tertiary/aromatic N) is 4. The number of aromatic nitrogens is 1. The zero-order valence-electron chi connectivity index (χ0n) is 24.1. The lowest BCUT2D eigenvalue weighted by molar-refractivity contribution is 0.102. The van der Waals surface area contributed by atoms with E-state index >= 15 is 0 Å². The molecule has 0 spiro atoms. The van der Waals surface area contributed by atoms with E-state index in [1.54, 1.807) is 36.5 Å². The molecule has 1 fully saturated rings. The number of aliphatic imine (C=N–C) groups is 1. The molecule has 40 heavy (non-hydrogen) atoms. The van der Waals surface area contributed by atoms with Gasteiger partial charge in [0.15, 0.2) is 0 Å². The molecule has 8 nitrogen and oxygen atoms in total. The van der Waals surface area contributed by atoms with Crippen molar-refractivity contribution in [2.24, 2.45) is 4.99 Å². The molecule has 0 atom stereocenters. The largest absolute Gasteiger partial charge is 0.392 e. The number of pyridine rings is 1. The van der Waals surface area contributed by atoms with Gasteiger partial charge in [-0.3, -0.25) is 19.6 Å². The summed E-state index contributed by atoms with van der Waals surface area (Å²) in [6.45, 7) is 8.96. The molecule has 1 aromatic carbocycles. The summed E-state index contributed by atoms with van der Waals surface area (Å²) in [5.41, 5.74) is 5.41. The number of urea groups is 1. The molecule has 1 aromatic heterocycles. The number of unbranched alkanes of at least 4 members (excludes halogenated alkanes) is 1. The highest BCUT2D eigenvalue weighted by Crippen LogP contribution is 2.39. The molecule has 212 valence electrons. The third-order valence-corrected chi connectivity index (χ3v) is 7.11. The second-order valence-electron chi connectivity index (χ2n) is 10.4. The predicted molar refractivity (Wildman–Crippen MR) is 159 cm³/mol. The number of allylic oxidation sites excluding steroid dienone is 2. The Labute approximate surface area is 237 Å². The summed E-state index contributed by atoms with van der Waals surface area (Å²) >= 11 is 0. The van der Waals surface area contributed by atoms with Crippen LogP contribution in [0, 0.1) is 0 Å². The molecular weight excluding hydrogens is 502 g/mol. The van der Waals surface area contributed by atoms with Crippen LogP contribution < -0.4 is 5.32 Å². The second kappa shape index (κ2) is 13.5. The highest BCUT2D eigenvalue weighted by Gasteiger charge is 2.42. The SMILES string of the molecule is CCC/C=C1C(C)=C(/N=C(\CCC)c2ccc(C(=O)Nc3ccc(CO)cc3)nc2)N(CCC)C(=O)N/1C1CC1. The molecular formula is C32H41N5O3. The number of hydrogen-bond acceptors (Lipinski definition) is 5. The smallest absolute Gasteiger partial charge is 0.330 e. The monoisotopic (exact) mass is 543 g/mol. The third kappa shape index (κ3) is 6.67. The van der Waals surface area contributed by atoms with Gasteiger partial charge in [-0.25, -0.2) is 9.79 Å². The topological polar surface area (TPSA) is 98.1 Å². The Hall–Kier alpha value is -3.78. The maximum Gasteiger partial charge on any atom is 0.330 e. The van der Waals surface area contributed by atoms with Crippen molar-refractivity contribution < 1.29 is 14.7 Å². The van der Waals surface area contributed by atoms with Gasteiger partial charge >= 0.3 is 6.03 Å². The highest BCUT2D eigenvalue weighted by molar-refractivity contribution is 6.04. The van der Waals surface area contributed by atoms with Crippen molar-refractivity contribution in [1.29, 1.82) is 0 Å². The summed E-state index contributed by atoms with van der Waals surface area (Å²) in [6, 6.07) is 10.9. The first kappa shape index (κ1) is 29.2. The van der Waals surface area contributed by atoms with Gasteiger partial charge in [0, 0.05) is 41.3 Å². The van der Waals surface area contributed by atoms with E-state index < -0.39 is 0 Å². The lowest BCUT2D eigenvalue weighted by Gasteiger charge is -2.38. The molecule has 0 unspecified atom stereocenters. The maximum atomic E-state index is 13.7. The minimum Gasteiger partial charge on any atom is -0.392 e. The molecule has 1 aliphatic carbocycles. The van der Waals surface area contributed by atoms with Crippen molar-refractivity contribution in [2.45, 2.75) is 85.3 Å². The van der Waals surface area contributed by atoms with Crippen LogP contribution in [0.15, 0.2) is 70.8 Å². The summed E-state index contributed by atoms with van der Waals surface area (Å²) in [5, 5.41) is 12.1. The minimum absolute atomic E-state index is 0.0177. The third-order valence-electron chi connectivity index (χ3n) is 7.11. The van der Waals surface area contributed by atoms with E-state index in [9.17, 15) is 14.7 Å². The molecule has 3 amide bonds. The molecule has 1 aliphatic heterocycles. The fourth-order valence-corrected chi connectivity index (χ4v) is 4.83. The van der Waals surface area contributed by atoms with Gasteiger partial charge < -0.3 is 10.4 Å².